The fourth-order valence-corrected chi connectivity index (χ4v) is 3.76. The van der Waals surface area contributed by atoms with Gasteiger partial charge in [0.25, 0.3) is 0 Å². The zero-order valence-corrected chi connectivity index (χ0v) is 14.1. The van der Waals surface area contributed by atoms with Crippen LogP contribution >= 0.6 is 0 Å². The highest BCUT2D eigenvalue weighted by atomic mass is 19.4. The van der Waals surface area contributed by atoms with Gasteiger partial charge in [-0.2, -0.15) is 13.2 Å². The average molecular weight is 354 g/mol. The van der Waals surface area contributed by atoms with Gasteiger partial charge in [0.1, 0.15) is 5.41 Å². The maximum absolute atomic E-state index is 13.9. The quantitative estimate of drug-likeness (QED) is 0.728. The summed E-state index contributed by atoms with van der Waals surface area (Å²) in [6.07, 6.45) is -3.90. The Bertz CT molecular complexity index is 662. The van der Waals surface area contributed by atoms with Crippen LogP contribution in [0.25, 0.3) is 0 Å². The van der Waals surface area contributed by atoms with E-state index >= 15 is 0 Å². The summed E-state index contributed by atoms with van der Waals surface area (Å²) in [5, 5.41) is 0. The number of likely N-dealkylation sites (tertiary alicyclic amines) is 2. The van der Waals surface area contributed by atoms with Crippen LogP contribution in [0.3, 0.4) is 0 Å². The lowest BCUT2D eigenvalue weighted by molar-refractivity contribution is -0.187. The van der Waals surface area contributed by atoms with Crippen molar-refractivity contribution in [1.29, 1.82) is 0 Å². The number of benzene rings is 1. The van der Waals surface area contributed by atoms with E-state index in [1.54, 1.807) is 18.2 Å². The van der Waals surface area contributed by atoms with Gasteiger partial charge in [-0.1, -0.05) is 37.3 Å². The van der Waals surface area contributed by atoms with E-state index in [9.17, 15) is 22.8 Å². The standard InChI is InChI=1S/C18H21F3N2O2/c1-13-7-9-22(11-13)15(24)16(25)23-10-8-17(12-23,18(19,20)21)14-5-3-2-4-6-14/h2-6,13H,7-12H2,1H3. The first kappa shape index (κ1) is 17.8. The van der Waals surface area contributed by atoms with Crippen LogP contribution in [0.2, 0.25) is 0 Å². The minimum absolute atomic E-state index is 0.0671. The summed E-state index contributed by atoms with van der Waals surface area (Å²) in [6.45, 7) is 2.39. The maximum atomic E-state index is 13.9. The van der Waals surface area contributed by atoms with E-state index in [4.69, 9.17) is 0 Å². The molecule has 2 atom stereocenters. The van der Waals surface area contributed by atoms with E-state index < -0.39 is 30.0 Å². The van der Waals surface area contributed by atoms with Crippen molar-refractivity contribution in [3.05, 3.63) is 35.9 Å². The lowest BCUT2D eigenvalue weighted by Gasteiger charge is -2.32. The fourth-order valence-electron chi connectivity index (χ4n) is 3.76. The number of amides is 2. The third-order valence-electron chi connectivity index (χ3n) is 5.32. The fraction of sp³-hybridized carbons (Fsp3) is 0.556. The number of carbonyl (C=O) groups is 2. The molecule has 3 rings (SSSR count). The largest absolute Gasteiger partial charge is 0.400 e. The van der Waals surface area contributed by atoms with E-state index in [0.29, 0.717) is 19.0 Å². The van der Waals surface area contributed by atoms with Gasteiger partial charge in [-0.05, 0) is 24.3 Å². The van der Waals surface area contributed by atoms with Crippen LogP contribution in [0.1, 0.15) is 25.3 Å². The Morgan fingerprint density at radius 1 is 1.08 bits per heavy atom. The molecule has 1 aromatic carbocycles. The van der Waals surface area contributed by atoms with Crippen LogP contribution in [0, 0.1) is 5.92 Å². The SMILES string of the molecule is CC1CCN(C(=O)C(=O)N2CCC(c3ccccc3)(C(F)(F)F)C2)C1. The van der Waals surface area contributed by atoms with Gasteiger partial charge in [0.05, 0.1) is 0 Å². The van der Waals surface area contributed by atoms with Gasteiger partial charge in [-0.15, -0.1) is 0 Å². The Labute approximate surface area is 144 Å². The molecule has 2 fully saturated rings. The Balaban J connectivity index is 1.80. The summed E-state index contributed by atoms with van der Waals surface area (Å²) >= 11 is 0. The summed E-state index contributed by atoms with van der Waals surface area (Å²) in [6, 6.07) is 7.65. The molecule has 1 aromatic rings. The van der Waals surface area contributed by atoms with E-state index in [1.165, 1.54) is 17.0 Å². The number of alkyl halides is 3. The van der Waals surface area contributed by atoms with Gasteiger partial charge in [0.15, 0.2) is 0 Å². The molecule has 0 radical (unpaired) electrons. The van der Waals surface area contributed by atoms with Crippen molar-refractivity contribution in [3.63, 3.8) is 0 Å². The first-order chi connectivity index (χ1) is 11.7. The van der Waals surface area contributed by atoms with Gasteiger partial charge in [-0.3, -0.25) is 9.59 Å². The lowest BCUT2D eigenvalue weighted by atomic mass is 9.79. The van der Waals surface area contributed by atoms with Crippen LogP contribution in [0.5, 0.6) is 0 Å². The summed E-state index contributed by atoms with van der Waals surface area (Å²) in [7, 11) is 0. The van der Waals surface area contributed by atoms with Crippen molar-refractivity contribution < 1.29 is 22.8 Å². The highest BCUT2D eigenvalue weighted by Gasteiger charge is 2.60. The topological polar surface area (TPSA) is 40.6 Å². The average Bonchev–Trinajstić information content (AvgIpc) is 3.21. The molecule has 2 heterocycles. The molecule has 0 aromatic heterocycles. The van der Waals surface area contributed by atoms with Crippen LogP contribution in [0.15, 0.2) is 30.3 Å². The van der Waals surface area contributed by atoms with Gasteiger partial charge in [0.2, 0.25) is 0 Å². The molecule has 0 aliphatic carbocycles. The molecule has 136 valence electrons. The predicted octanol–water partition coefficient (Wildman–Crippen LogP) is 2.59. The van der Waals surface area contributed by atoms with Gasteiger partial charge in [-0.25, -0.2) is 0 Å². The highest BCUT2D eigenvalue weighted by Crippen LogP contribution is 2.47. The van der Waals surface area contributed by atoms with Crippen molar-refractivity contribution in [2.24, 2.45) is 5.92 Å². The smallest absolute Gasteiger partial charge is 0.334 e. The van der Waals surface area contributed by atoms with Crippen LogP contribution < -0.4 is 0 Å². The zero-order valence-electron chi connectivity index (χ0n) is 14.1. The van der Waals surface area contributed by atoms with E-state index in [1.807, 2.05) is 6.92 Å². The molecule has 4 nitrogen and oxygen atoms in total. The van der Waals surface area contributed by atoms with Crippen molar-refractivity contribution in [3.8, 4) is 0 Å². The molecule has 0 N–H and O–H groups in total. The molecule has 2 aliphatic heterocycles. The first-order valence-corrected chi connectivity index (χ1v) is 8.45. The second-order valence-corrected chi connectivity index (χ2v) is 7.07. The molecule has 25 heavy (non-hydrogen) atoms. The van der Waals surface area contributed by atoms with Gasteiger partial charge in [0, 0.05) is 26.2 Å². The highest BCUT2D eigenvalue weighted by molar-refractivity contribution is 6.35. The summed E-state index contributed by atoms with van der Waals surface area (Å²) in [5.41, 5.74) is -1.97. The molecule has 2 unspecified atom stereocenters. The Morgan fingerprint density at radius 3 is 2.28 bits per heavy atom. The van der Waals surface area contributed by atoms with E-state index in [0.717, 1.165) is 11.3 Å². The normalized spacial score (nSPS) is 27.0. The van der Waals surface area contributed by atoms with E-state index in [2.05, 4.69) is 0 Å². The maximum Gasteiger partial charge on any atom is 0.400 e. The second kappa shape index (κ2) is 6.35. The third-order valence-corrected chi connectivity index (χ3v) is 5.32. The molecular formula is C18H21F3N2O2. The molecule has 2 aliphatic rings. The number of nitrogens with zero attached hydrogens (tertiary/aromatic N) is 2. The minimum Gasteiger partial charge on any atom is -0.334 e. The molecule has 0 spiro atoms. The molecule has 7 heteroatoms. The Morgan fingerprint density at radius 2 is 1.72 bits per heavy atom. The summed E-state index contributed by atoms with van der Waals surface area (Å²) in [5.74, 6) is -1.19. The zero-order chi connectivity index (χ0) is 18.2. The third kappa shape index (κ3) is 3.12. The predicted molar refractivity (Wildman–Crippen MR) is 85.7 cm³/mol. The molecule has 0 saturated carbocycles. The van der Waals surface area contributed by atoms with Crippen molar-refractivity contribution in [2.75, 3.05) is 26.2 Å². The molecule has 2 amide bonds. The van der Waals surface area contributed by atoms with Crippen LogP contribution in [0.4, 0.5) is 13.2 Å². The van der Waals surface area contributed by atoms with Crippen molar-refractivity contribution in [2.45, 2.75) is 31.4 Å². The minimum atomic E-state index is -4.49. The number of halogens is 3. The lowest BCUT2D eigenvalue weighted by Crippen LogP contribution is -2.48. The van der Waals surface area contributed by atoms with Crippen molar-refractivity contribution >= 4 is 11.8 Å². The molecule has 2 saturated heterocycles. The number of hydrogen-bond donors (Lipinski definition) is 0. The van der Waals surface area contributed by atoms with Gasteiger partial charge >= 0.3 is 18.0 Å². The van der Waals surface area contributed by atoms with Crippen molar-refractivity contribution in [1.82, 2.24) is 9.80 Å². The monoisotopic (exact) mass is 354 g/mol. The van der Waals surface area contributed by atoms with Crippen LogP contribution in [-0.4, -0.2) is 54.0 Å². The van der Waals surface area contributed by atoms with E-state index in [-0.39, 0.29) is 18.5 Å². The van der Waals surface area contributed by atoms with Gasteiger partial charge < -0.3 is 9.80 Å². The summed E-state index contributed by atoms with van der Waals surface area (Å²) in [4.78, 5) is 27.3. The van der Waals surface area contributed by atoms with Crippen LogP contribution in [-0.2, 0) is 15.0 Å². The second-order valence-electron chi connectivity index (χ2n) is 7.07. The Kier molecular flexibility index (Phi) is 4.51. The molecular weight excluding hydrogens is 333 g/mol. The number of hydrogen-bond acceptors (Lipinski definition) is 2. The first-order valence-electron chi connectivity index (χ1n) is 8.45. The Hall–Kier alpha value is -2.05. The number of carbonyl (C=O) groups excluding carboxylic acids is 2. The summed E-state index contributed by atoms with van der Waals surface area (Å²) < 4.78 is 41.6. The number of rotatable bonds is 1. The molecule has 0 bridgehead atoms.